The third-order valence-corrected chi connectivity index (χ3v) is 2.78. The van der Waals surface area contributed by atoms with E-state index >= 15 is 0 Å². The molecule has 0 saturated carbocycles. The maximum absolute atomic E-state index is 12.2. The van der Waals surface area contributed by atoms with E-state index in [-0.39, 0.29) is 0 Å². The SMILES string of the molecule is CCCCOC(=O)C(OC(=O)C(C)(C)C)c1cccnc1. The molecule has 0 spiro atoms. The van der Waals surface area contributed by atoms with Gasteiger partial charge in [-0.3, -0.25) is 9.78 Å². The van der Waals surface area contributed by atoms with Gasteiger partial charge in [0, 0.05) is 18.0 Å². The summed E-state index contributed by atoms with van der Waals surface area (Å²) in [7, 11) is 0. The Labute approximate surface area is 125 Å². The van der Waals surface area contributed by atoms with Crippen LogP contribution < -0.4 is 0 Å². The first kappa shape index (κ1) is 17.1. The molecule has 0 saturated heterocycles. The van der Waals surface area contributed by atoms with Gasteiger partial charge in [0.25, 0.3) is 0 Å². The van der Waals surface area contributed by atoms with Gasteiger partial charge in [-0.2, -0.15) is 0 Å². The normalized spacial score (nSPS) is 12.6. The minimum atomic E-state index is -1.07. The van der Waals surface area contributed by atoms with Crippen LogP contribution in [-0.4, -0.2) is 23.5 Å². The molecule has 21 heavy (non-hydrogen) atoms. The molecule has 1 unspecified atom stereocenters. The molecular weight excluding hydrogens is 270 g/mol. The van der Waals surface area contributed by atoms with Gasteiger partial charge in [-0.05, 0) is 33.3 Å². The van der Waals surface area contributed by atoms with Gasteiger partial charge in [0.05, 0.1) is 12.0 Å². The fourth-order valence-electron chi connectivity index (χ4n) is 1.46. The van der Waals surface area contributed by atoms with Crippen LogP contribution in [0.25, 0.3) is 0 Å². The highest BCUT2D eigenvalue weighted by molar-refractivity contribution is 5.82. The quantitative estimate of drug-likeness (QED) is 0.595. The predicted molar refractivity (Wildman–Crippen MR) is 78.4 cm³/mol. The Hall–Kier alpha value is -1.91. The van der Waals surface area contributed by atoms with Crippen molar-refractivity contribution in [3.05, 3.63) is 30.1 Å². The monoisotopic (exact) mass is 293 g/mol. The topological polar surface area (TPSA) is 65.5 Å². The summed E-state index contributed by atoms with van der Waals surface area (Å²) in [5.41, 5.74) is -0.180. The molecule has 1 aromatic rings. The van der Waals surface area contributed by atoms with Gasteiger partial charge in [0.2, 0.25) is 6.10 Å². The molecule has 0 aliphatic rings. The molecule has 116 valence electrons. The first-order valence-corrected chi connectivity index (χ1v) is 7.14. The van der Waals surface area contributed by atoms with Crippen LogP contribution >= 0.6 is 0 Å². The summed E-state index contributed by atoms with van der Waals surface area (Å²) < 4.78 is 10.5. The number of hydrogen-bond acceptors (Lipinski definition) is 5. The van der Waals surface area contributed by atoms with E-state index in [1.54, 1.807) is 39.1 Å². The van der Waals surface area contributed by atoms with Gasteiger partial charge in [0.1, 0.15) is 0 Å². The minimum Gasteiger partial charge on any atom is -0.463 e. The van der Waals surface area contributed by atoms with Gasteiger partial charge in [-0.25, -0.2) is 4.79 Å². The molecule has 0 aliphatic carbocycles. The lowest BCUT2D eigenvalue weighted by molar-refractivity contribution is -0.173. The van der Waals surface area contributed by atoms with E-state index in [0.29, 0.717) is 12.2 Å². The predicted octanol–water partition coefficient (Wildman–Crippen LogP) is 3.06. The van der Waals surface area contributed by atoms with E-state index in [0.717, 1.165) is 12.8 Å². The number of carbonyl (C=O) groups is 2. The number of aromatic nitrogens is 1. The number of carbonyl (C=O) groups excluding carboxylic acids is 2. The molecule has 0 aromatic carbocycles. The maximum atomic E-state index is 12.2. The number of hydrogen-bond donors (Lipinski definition) is 0. The third kappa shape index (κ3) is 5.53. The van der Waals surface area contributed by atoms with E-state index in [2.05, 4.69) is 4.98 Å². The molecular formula is C16H23NO4. The Morgan fingerprint density at radius 2 is 2.05 bits per heavy atom. The van der Waals surface area contributed by atoms with Crippen LogP contribution in [0, 0.1) is 5.41 Å². The minimum absolute atomic E-state index is 0.319. The summed E-state index contributed by atoms with van der Waals surface area (Å²) in [6.45, 7) is 7.53. The lowest BCUT2D eigenvalue weighted by atomic mass is 9.97. The van der Waals surface area contributed by atoms with E-state index in [1.807, 2.05) is 6.92 Å². The van der Waals surface area contributed by atoms with Crippen LogP contribution in [0.4, 0.5) is 0 Å². The Kier molecular flexibility index (Phi) is 6.34. The Bertz CT molecular complexity index is 465. The molecule has 0 N–H and O–H groups in total. The van der Waals surface area contributed by atoms with Crippen molar-refractivity contribution >= 4 is 11.9 Å². The number of ether oxygens (including phenoxy) is 2. The van der Waals surface area contributed by atoms with Crippen LogP contribution in [0.15, 0.2) is 24.5 Å². The number of unbranched alkanes of at least 4 members (excludes halogenated alkanes) is 1. The molecule has 5 nitrogen and oxygen atoms in total. The summed E-state index contributed by atoms with van der Waals surface area (Å²) in [5.74, 6) is -1.02. The highest BCUT2D eigenvalue weighted by atomic mass is 16.6. The Balaban J connectivity index is 2.85. The number of pyridine rings is 1. The second-order valence-corrected chi connectivity index (χ2v) is 5.84. The van der Waals surface area contributed by atoms with Crippen molar-refractivity contribution in [3.63, 3.8) is 0 Å². The van der Waals surface area contributed by atoms with Crippen molar-refractivity contribution in [2.45, 2.75) is 46.6 Å². The molecule has 1 atom stereocenters. The molecule has 0 radical (unpaired) electrons. The van der Waals surface area contributed by atoms with E-state index < -0.39 is 23.5 Å². The average molecular weight is 293 g/mol. The zero-order valence-corrected chi connectivity index (χ0v) is 13.1. The molecule has 0 amide bonds. The fraction of sp³-hybridized carbons (Fsp3) is 0.562. The van der Waals surface area contributed by atoms with Crippen molar-refractivity contribution in [1.82, 2.24) is 4.98 Å². The first-order valence-electron chi connectivity index (χ1n) is 7.14. The fourth-order valence-corrected chi connectivity index (χ4v) is 1.46. The second-order valence-electron chi connectivity index (χ2n) is 5.84. The van der Waals surface area contributed by atoms with E-state index in [1.165, 1.54) is 6.20 Å². The third-order valence-electron chi connectivity index (χ3n) is 2.78. The van der Waals surface area contributed by atoms with Crippen molar-refractivity contribution in [2.24, 2.45) is 5.41 Å². The number of esters is 2. The molecule has 1 heterocycles. The summed E-state index contributed by atoms with van der Waals surface area (Å²) in [4.78, 5) is 28.1. The van der Waals surface area contributed by atoms with Gasteiger partial charge in [-0.15, -0.1) is 0 Å². The van der Waals surface area contributed by atoms with Gasteiger partial charge in [-0.1, -0.05) is 19.4 Å². The lowest BCUT2D eigenvalue weighted by Gasteiger charge is -2.22. The zero-order chi connectivity index (χ0) is 15.9. The molecule has 5 heteroatoms. The largest absolute Gasteiger partial charge is 0.463 e. The Morgan fingerprint density at radius 3 is 2.57 bits per heavy atom. The highest BCUT2D eigenvalue weighted by Gasteiger charge is 2.32. The number of nitrogens with zero attached hydrogens (tertiary/aromatic N) is 1. The van der Waals surface area contributed by atoms with Crippen molar-refractivity contribution in [2.75, 3.05) is 6.61 Å². The maximum Gasteiger partial charge on any atom is 0.352 e. The molecule has 1 aromatic heterocycles. The summed E-state index contributed by atoms with van der Waals surface area (Å²) >= 11 is 0. The standard InChI is InChI=1S/C16H23NO4/c1-5-6-10-20-14(18)13(12-8-7-9-17-11-12)21-15(19)16(2,3)4/h7-9,11,13H,5-6,10H2,1-4H3. The molecule has 1 rings (SSSR count). The van der Waals surface area contributed by atoms with Gasteiger partial charge < -0.3 is 9.47 Å². The summed E-state index contributed by atoms with van der Waals surface area (Å²) in [6.07, 6.45) is 3.73. The lowest BCUT2D eigenvalue weighted by Crippen LogP contribution is -2.29. The van der Waals surface area contributed by atoms with E-state index in [4.69, 9.17) is 9.47 Å². The molecule has 0 aliphatic heterocycles. The van der Waals surface area contributed by atoms with Gasteiger partial charge in [0.15, 0.2) is 0 Å². The van der Waals surface area contributed by atoms with Crippen LogP contribution in [0.2, 0.25) is 0 Å². The second kappa shape index (κ2) is 7.76. The Morgan fingerprint density at radius 1 is 1.33 bits per heavy atom. The summed E-state index contributed by atoms with van der Waals surface area (Å²) in [5, 5.41) is 0. The summed E-state index contributed by atoms with van der Waals surface area (Å²) in [6, 6.07) is 3.38. The van der Waals surface area contributed by atoms with Crippen LogP contribution in [-0.2, 0) is 19.1 Å². The highest BCUT2D eigenvalue weighted by Crippen LogP contribution is 2.24. The van der Waals surface area contributed by atoms with Crippen molar-refractivity contribution in [3.8, 4) is 0 Å². The smallest absolute Gasteiger partial charge is 0.352 e. The number of rotatable bonds is 6. The van der Waals surface area contributed by atoms with Crippen LogP contribution in [0.3, 0.4) is 0 Å². The first-order chi connectivity index (χ1) is 9.86. The average Bonchev–Trinajstić information content (AvgIpc) is 2.44. The zero-order valence-electron chi connectivity index (χ0n) is 13.1. The van der Waals surface area contributed by atoms with Crippen LogP contribution in [0.1, 0.15) is 52.2 Å². The van der Waals surface area contributed by atoms with Crippen LogP contribution in [0.5, 0.6) is 0 Å². The van der Waals surface area contributed by atoms with E-state index in [9.17, 15) is 9.59 Å². The van der Waals surface area contributed by atoms with Crippen molar-refractivity contribution < 1.29 is 19.1 Å². The van der Waals surface area contributed by atoms with Gasteiger partial charge >= 0.3 is 11.9 Å². The van der Waals surface area contributed by atoms with Crippen molar-refractivity contribution in [1.29, 1.82) is 0 Å². The molecule has 0 bridgehead atoms. The molecule has 0 fully saturated rings.